The minimum absolute atomic E-state index is 0.109. The van der Waals surface area contributed by atoms with E-state index in [1.165, 1.54) is 10.7 Å². The van der Waals surface area contributed by atoms with Crippen molar-refractivity contribution in [1.82, 2.24) is 15.1 Å². The number of imide groups is 1. The Labute approximate surface area is 198 Å². The predicted molar refractivity (Wildman–Crippen MR) is 120 cm³/mol. The second-order valence-electron chi connectivity index (χ2n) is 8.60. The Balaban J connectivity index is 1.21. The van der Waals surface area contributed by atoms with Crippen molar-refractivity contribution >= 4 is 23.4 Å². The first kappa shape index (κ1) is 22.8. The van der Waals surface area contributed by atoms with Crippen molar-refractivity contribution in [2.45, 2.75) is 37.9 Å². The van der Waals surface area contributed by atoms with Crippen molar-refractivity contribution in [3.05, 3.63) is 82.7 Å². The highest BCUT2D eigenvalue weighted by atomic mass is 19.4. The molecule has 0 unspecified atom stereocenters. The molecule has 0 bridgehead atoms. The van der Waals surface area contributed by atoms with Gasteiger partial charge in [0.25, 0.3) is 17.7 Å². The number of alkyl halides is 3. The lowest BCUT2D eigenvalue weighted by molar-refractivity contribution is -0.141. The summed E-state index contributed by atoms with van der Waals surface area (Å²) in [6.45, 7) is 0.471. The van der Waals surface area contributed by atoms with Crippen LogP contribution in [0.15, 0.2) is 54.6 Å². The highest BCUT2D eigenvalue weighted by molar-refractivity contribution is 6.34. The zero-order chi connectivity index (χ0) is 24.7. The van der Waals surface area contributed by atoms with Crippen molar-refractivity contribution in [2.24, 2.45) is 0 Å². The molecule has 1 aliphatic carbocycles. The second kappa shape index (κ2) is 8.68. The van der Waals surface area contributed by atoms with E-state index in [4.69, 9.17) is 0 Å². The summed E-state index contributed by atoms with van der Waals surface area (Å²) in [5, 5.41) is 6.45. The van der Waals surface area contributed by atoms with Crippen LogP contribution in [-0.2, 0) is 12.7 Å². The molecule has 2 heterocycles. The average Bonchev–Trinajstić information content (AvgIpc) is 3.53. The molecular formula is C25H21F3N4O3. The van der Waals surface area contributed by atoms with Crippen molar-refractivity contribution in [3.63, 3.8) is 0 Å². The minimum atomic E-state index is -4.49. The number of nitrogens with zero attached hydrogens (tertiary/aromatic N) is 3. The number of benzene rings is 2. The molecule has 2 aromatic carbocycles. The van der Waals surface area contributed by atoms with Gasteiger partial charge in [0.05, 0.1) is 16.8 Å². The van der Waals surface area contributed by atoms with Crippen LogP contribution in [0.2, 0.25) is 0 Å². The molecule has 0 spiro atoms. The van der Waals surface area contributed by atoms with Gasteiger partial charge in [-0.2, -0.15) is 18.3 Å². The van der Waals surface area contributed by atoms with E-state index >= 15 is 0 Å². The Kier molecular flexibility index (Phi) is 5.66. The number of rotatable bonds is 7. The summed E-state index contributed by atoms with van der Waals surface area (Å²) in [5.41, 5.74) is 0.853. The predicted octanol–water partition coefficient (Wildman–Crippen LogP) is 4.40. The van der Waals surface area contributed by atoms with Gasteiger partial charge in [-0.15, -0.1) is 0 Å². The third-order valence-electron chi connectivity index (χ3n) is 6.09. The smallest absolute Gasteiger partial charge is 0.352 e. The van der Waals surface area contributed by atoms with Crippen LogP contribution in [0, 0.1) is 0 Å². The zero-order valence-corrected chi connectivity index (χ0v) is 18.5. The molecule has 1 N–H and O–H groups in total. The summed E-state index contributed by atoms with van der Waals surface area (Å²) in [6, 6.07) is 13.8. The van der Waals surface area contributed by atoms with Crippen LogP contribution in [0.4, 0.5) is 18.9 Å². The van der Waals surface area contributed by atoms with Crippen LogP contribution in [0.1, 0.15) is 67.6 Å². The molecule has 2 aliphatic rings. The Bertz CT molecular complexity index is 1290. The van der Waals surface area contributed by atoms with E-state index in [1.807, 2.05) is 0 Å². The summed E-state index contributed by atoms with van der Waals surface area (Å²) in [5.74, 6) is -1.21. The number of carbonyl (C=O) groups excluding carboxylic acids is 3. The maximum absolute atomic E-state index is 13.0. The van der Waals surface area contributed by atoms with E-state index in [1.54, 1.807) is 42.5 Å². The van der Waals surface area contributed by atoms with Crippen LogP contribution in [-0.4, -0.2) is 34.0 Å². The summed E-state index contributed by atoms with van der Waals surface area (Å²) in [4.78, 5) is 39.1. The lowest BCUT2D eigenvalue weighted by Gasteiger charge is -2.15. The number of hydrogen-bond acceptors (Lipinski definition) is 4. The van der Waals surface area contributed by atoms with Crippen molar-refractivity contribution in [3.8, 4) is 0 Å². The fraction of sp³-hybridized carbons (Fsp3) is 0.280. The number of amides is 3. The molecule has 7 nitrogen and oxygen atoms in total. The van der Waals surface area contributed by atoms with Crippen molar-refractivity contribution in [1.29, 1.82) is 0 Å². The molecule has 1 aromatic heterocycles. The van der Waals surface area contributed by atoms with Gasteiger partial charge in [-0.05, 0) is 55.7 Å². The largest absolute Gasteiger partial charge is 0.435 e. The Morgan fingerprint density at radius 3 is 2.31 bits per heavy atom. The highest BCUT2D eigenvalue weighted by Gasteiger charge is 2.38. The van der Waals surface area contributed by atoms with Crippen LogP contribution in [0.5, 0.6) is 0 Å². The first-order valence-electron chi connectivity index (χ1n) is 11.2. The molecule has 3 aromatic rings. The van der Waals surface area contributed by atoms with Gasteiger partial charge in [-0.25, -0.2) is 4.90 Å². The first-order chi connectivity index (χ1) is 16.7. The normalized spacial score (nSPS) is 15.5. The Morgan fingerprint density at radius 1 is 1.00 bits per heavy atom. The summed E-state index contributed by atoms with van der Waals surface area (Å²) in [6.07, 6.45) is -2.40. The quantitative estimate of drug-likeness (QED) is 0.400. The molecule has 180 valence electrons. The monoisotopic (exact) mass is 482 g/mol. The molecule has 1 aliphatic heterocycles. The Hall–Kier alpha value is -3.95. The zero-order valence-electron chi connectivity index (χ0n) is 18.5. The van der Waals surface area contributed by atoms with E-state index in [9.17, 15) is 27.6 Å². The molecule has 1 fully saturated rings. The SMILES string of the molecule is O=C(NCCCn1nc(C(F)(F)F)cc1C1CC1)c1cccc(N2C(=O)c3ccccc3C2=O)c1. The third kappa shape index (κ3) is 4.43. The van der Waals surface area contributed by atoms with Gasteiger partial charge in [0.2, 0.25) is 0 Å². The maximum Gasteiger partial charge on any atom is 0.435 e. The maximum atomic E-state index is 13.0. The second-order valence-corrected chi connectivity index (χ2v) is 8.60. The lowest BCUT2D eigenvalue weighted by Crippen LogP contribution is -2.30. The number of carbonyl (C=O) groups is 3. The molecule has 10 heteroatoms. The molecule has 0 radical (unpaired) electrons. The van der Waals surface area contributed by atoms with E-state index in [0.29, 0.717) is 23.2 Å². The van der Waals surface area contributed by atoms with E-state index < -0.39 is 29.6 Å². The topological polar surface area (TPSA) is 84.3 Å². The van der Waals surface area contributed by atoms with E-state index in [2.05, 4.69) is 10.4 Å². The summed E-state index contributed by atoms with van der Waals surface area (Å²) >= 11 is 0. The van der Waals surface area contributed by atoms with Gasteiger partial charge < -0.3 is 5.32 Å². The molecule has 3 amide bonds. The van der Waals surface area contributed by atoms with Crippen LogP contribution in [0.3, 0.4) is 0 Å². The average molecular weight is 482 g/mol. The van der Waals surface area contributed by atoms with Gasteiger partial charge in [0.15, 0.2) is 5.69 Å². The molecule has 0 saturated heterocycles. The van der Waals surface area contributed by atoms with Gasteiger partial charge in [-0.1, -0.05) is 18.2 Å². The summed E-state index contributed by atoms with van der Waals surface area (Å²) < 4.78 is 40.5. The standard InChI is InChI=1S/C25H21F3N4O3/c26-25(27,28)21-14-20(15-9-10-15)31(30-21)12-4-11-29-22(33)16-5-3-6-17(13-16)32-23(34)18-7-1-2-8-19(18)24(32)35/h1-3,5-8,13-15H,4,9-12H2,(H,29,33). The van der Waals surface area contributed by atoms with Gasteiger partial charge >= 0.3 is 6.18 Å². The van der Waals surface area contributed by atoms with Gasteiger partial charge in [0, 0.05) is 30.3 Å². The molecule has 0 atom stereocenters. The number of halogens is 3. The molecule has 35 heavy (non-hydrogen) atoms. The first-order valence-corrected chi connectivity index (χ1v) is 11.2. The number of aryl methyl sites for hydroxylation is 1. The van der Waals surface area contributed by atoms with Crippen LogP contribution < -0.4 is 10.2 Å². The molecular weight excluding hydrogens is 461 g/mol. The van der Waals surface area contributed by atoms with E-state index in [0.717, 1.165) is 23.8 Å². The minimum Gasteiger partial charge on any atom is -0.352 e. The van der Waals surface area contributed by atoms with Crippen molar-refractivity contribution in [2.75, 3.05) is 11.4 Å². The number of anilines is 1. The third-order valence-corrected chi connectivity index (χ3v) is 6.09. The summed E-state index contributed by atoms with van der Waals surface area (Å²) in [7, 11) is 0. The number of aromatic nitrogens is 2. The number of fused-ring (bicyclic) bond motifs is 1. The van der Waals surface area contributed by atoms with Crippen molar-refractivity contribution < 1.29 is 27.6 Å². The molecule has 1 saturated carbocycles. The van der Waals surface area contributed by atoms with Gasteiger partial charge in [-0.3, -0.25) is 19.1 Å². The number of nitrogens with one attached hydrogen (secondary N) is 1. The van der Waals surface area contributed by atoms with Crippen LogP contribution >= 0.6 is 0 Å². The number of hydrogen-bond donors (Lipinski definition) is 1. The Morgan fingerprint density at radius 2 is 1.69 bits per heavy atom. The highest BCUT2D eigenvalue weighted by Crippen LogP contribution is 2.42. The molecule has 5 rings (SSSR count). The van der Waals surface area contributed by atoms with Gasteiger partial charge in [0.1, 0.15) is 0 Å². The fourth-order valence-electron chi connectivity index (χ4n) is 4.20. The van der Waals surface area contributed by atoms with E-state index in [-0.39, 0.29) is 30.3 Å². The fourth-order valence-corrected chi connectivity index (χ4v) is 4.20. The lowest BCUT2D eigenvalue weighted by atomic mass is 10.1. The van der Waals surface area contributed by atoms with Crippen LogP contribution in [0.25, 0.3) is 0 Å².